The van der Waals surface area contributed by atoms with Crippen molar-refractivity contribution in [3.63, 3.8) is 0 Å². The fourth-order valence-corrected chi connectivity index (χ4v) is 1.45. The molecule has 0 aliphatic rings. The van der Waals surface area contributed by atoms with Gasteiger partial charge in [0.05, 0.1) is 0 Å². The summed E-state index contributed by atoms with van der Waals surface area (Å²) in [6.07, 6.45) is 3.10. The van der Waals surface area contributed by atoms with Crippen molar-refractivity contribution >= 4 is 5.97 Å². The Hall–Kier alpha value is -2.18. The van der Waals surface area contributed by atoms with Crippen LogP contribution in [0, 0.1) is 0 Å². The van der Waals surface area contributed by atoms with Crippen LogP contribution in [-0.4, -0.2) is 31.0 Å². The van der Waals surface area contributed by atoms with E-state index in [0.29, 0.717) is 11.7 Å². The summed E-state index contributed by atoms with van der Waals surface area (Å²) in [6.45, 7) is 2.19. The Morgan fingerprint density at radius 3 is 3.12 bits per heavy atom. The van der Waals surface area contributed by atoms with Crippen molar-refractivity contribution in [1.29, 1.82) is 0 Å². The number of aryl methyl sites for hydroxylation is 1. The Labute approximate surface area is 97.1 Å². The summed E-state index contributed by atoms with van der Waals surface area (Å²) in [5, 5.41) is 16.6. The Morgan fingerprint density at radius 1 is 1.59 bits per heavy atom. The van der Waals surface area contributed by atoms with Gasteiger partial charge in [0.25, 0.3) is 0 Å². The van der Waals surface area contributed by atoms with Crippen LogP contribution in [0.1, 0.15) is 35.5 Å². The zero-order chi connectivity index (χ0) is 12.3. The zero-order valence-electron chi connectivity index (χ0n) is 9.33. The van der Waals surface area contributed by atoms with E-state index < -0.39 is 5.97 Å². The molecule has 0 fully saturated rings. The van der Waals surface area contributed by atoms with Gasteiger partial charge in [-0.15, -0.1) is 0 Å². The first kappa shape index (κ1) is 11.3. The molecule has 0 atom stereocenters. The molecule has 0 unspecified atom stereocenters. The Balaban J connectivity index is 2.14. The van der Waals surface area contributed by atoms with Crippen molar-refractivity contribution in [2.45, 2.75) is 26.3 Å². The molecule has 0 bridgehead atoms. The Morgan fingerprint density at radius 2 is 2.41 bits per heavy atom. The number of aromatic carboxylic acids is 1. The van der Waals surface area contributed by atoms with Crippen LogP contribution in [0.5, 0.6) is 0 Å². The smallest absolute Gasteiger partial charge is 0.354 e. The maximum Gasteiger partial charge on any atom is 0.354 e. The summed E-state index contributed by atoms with van der Waals surface area (Å²) in [6, 6.07) is 1.42. The van der Waals surface area contributed by atoms with Gasteiger partial charge in [-0.3, -0.25) is 0 Å². The zero-order valence-corrected chi connectivity index (χ0v) is 9.33. The van der Waals surface area contributed by atoms with Crippen LogP contribution in [0.3, 0.4) is 0 Å². The van der Waals surface area contributed by atoms with Crippen LogP contribution in [-0.2, 0) is 13.0 Å². The van der Waals surface area contributed by atoms with E-state index in [9.17, 15) is 4.79 Å². The second-order valence-electron chi connectivity index (χ2n) is 3.53. The van der Waals surface area contributed by atoms with E-state index in [1.54, 1.807) is 0 Å². The molecule has 0 radical (unpaired) electrons. The molecule has 0 amide bonds. The molecule has 7 nitrogen and oxygen atoms in total. The fraction of sp³-hybridized carbons (Fsp3) is 0.400. The molecule has 0 aromatic carbocycles. The molecule has 90 valence electrons. The molecule has 0 saturated carbocycles. The normalized spacial score (nSPS) is 10.6. The lowest BCUT2D eigenvalue weighted by molar-refractivity contribution is 0.0683. The second-order valence-corrected chi connectivity index (χ2v) is 3.53. The van der Waals surface area contributed by atoms with Gasteiger partial charge in [-0.25, -0.2) is 9.48 Å². The first-order chi connectivity index (χ1) is 8.20. The van der Waals surface area contributed by atoms with Gasteiger partial charge in [-0.1, -0.05) is 12.1 Å². The number of nitrogens with zero attached hydrogens (tertiary/aromatic N) is 4. The summed E-state index contributed by atoms with van der Waals surface area (Å²) >= 11 is 0. The molecule has 2 aromatic rings. The summed E-state index contributed by atoms with van der Waals surface area (Å²) in [4.78, 5) is 15.0. The highest BCUT2D eigenvalue weighted by atomic mass is 16.5. The van der Waals surface area contributed by atoms with Crippen LogP contribution in [0.4, 0.5) is 0 Å². The highest BCUT2D eigenvalue weighted by Gasteiger charge is 2.13. The van der Waals surface area contributed by atoms with Crippen LogP contribution >= 0.6 is 0 Å². The average Bonchev–Trinajstić information content (AvgIpc) is 2.89. The molecule has 7 heteroatoms. The minimum atomic E-state index is -1.03. The topological polar surface area (TPSA) is 94.0 Å². The summed E-state index contributed by atoms with van der Waals surface area (Å²) in [5.74, 6) is -0.0398. The minimum Gasteiger partial charge on any atom is -0.477 e. The lowest BCUT2D eigenvalue weighted by Crippen LogP contribution is -2.11. The first-order valence-corrected chi connectivity index (χ1v) is 5.27. The molecule has 2 heterocycles. The van der Waals surface area contributed by atoms with Gasteiger partial charge in [0.1, 0.15) is 12.2 Å². The maximum atomic E-state index is 10.9. The molecule has 1 N–H and O–H groups in total. The van der Waals surface area contributed by atoms with Crippen LogP contribution in [0.25, 0.3) is 0 Å². The van der Waals surface area contributed by atoms with E-state index in [-0.39, 0.29) is 12.2 Å². The lowest BCUT2D eigenvalue weighted by atomic mass is 10.3. The van der Waals surface area contributed by atoms with Gasteiger partial charge in [0.2, 0.25) is 5.89 Å². The average molecular weight is 236 g/mol. The maximum absolute atomic E-state index is 10.9. The molecule has 2 aromatic heterocycles. The van der Waals surface area contributed by atoms with Crippen molar-refractivity contribution in [2.24, 2.45) is 0 Å². The number of carboxylic acids is 1. The number of rotatable bonds is 5. The van der Waals surface area contributed by atoms with E-state index in [2.05, 4.69) is 15.2 Å². The van der Waals surface area contributed by atoms with E-state index in [0.717, 1.165) is 12.8 Å². The Bertz CT molecular complexity index is 517. The van der Waals surface area contributed by atoms with E-state index in [1.165, 1.54) is 16.9 Å². The number of hydrogen-bond acceptors (Lipinski definition) is 5. The predicted molar refractivity (Wildman–Crippen MR) is 56.6 cm³/mol. The lowest BCUT2D eigenvalue weighted by Gasteiger charge is -1.99. The third-order valence-corrected chi connectivity index (χ3v) is 2.20. The second kappa shape index (κ2) is 4.77. The standard InChI is InChI=1S/C10H12N4O3/c1-2-3-8-12-9(17-13-8)6-14-7(10(15)16)4-5-11-14/h4-5H,2-3,6H2,1H3,(H,15,16). The third-order valence-electron chi connectivity index (χ3n) is 2.20. The SMILES string of the molecule is CCCc1noc(Cn2nccc2C(=O)O)n1. The summed E-state index contributed by atoms with van der Waals surface area (Å²) in [5.41, 5.74) is 0.0974. The van der Waals surface area contributed by atoms with Crippen molar-refractivity contribution in [1.82, 2.24) is 19.9 Å². The molecule has 0 saturated heterocycles. The van der Waals surface area contributed by atoms with Gasteiger partial charge in [0, 0.05) is 12.6 Å². The first-order valence-electron chi connectivity index (χ1n) is 5.27. The van der Waals surface area contributed by atoms with Gasteiger partial charge in [-0.05, 0) is 12.5 Å². The van der Waals surface area contributed by atoms with Crippen LogP contribution in [0.15, 0.2) is 16.8 Å². The largest absolute Gasteiger partial charge is 0.477 e. The molecule has 0 spiro atoms. The molecule has 0 aliphatic carbocycles. The number of carboxylic acid groups (broad SMARTS) is 1. The minimum absolute atomic E-state index is 0.0974. The predicted octanol–water partition coefficient (Wildman–Crippen LogP) is 0.965. The van der Waals surface area contributed by atoms with E-state index in [1.807, 2.05) is 6.92 Å². The highest BCUT2D eigenvalue weighted by molar-refractivity contribution is 5.85. The quantitative estimate of drug-likeness (QED) is 0.831. The Kier molecular flexibility index (Phi) is 3.17. The van der Waals surface area contributed by atoms with Crippen molar-refractivity contribution in [3.05, 3.63) is 29.7 Å². The van der Waals surface area contributed by atoms with Crippen molar-refractivity contribution < 1.29 is 14.4 Å². The molecule has 17 heavy (non-hydrogen) atoms. The van der Waals surface area contributed by atoms with Crippen molar-refractivity contribution in [3.8, 4) is 0 Å². The molecule has 0 aliphatic heterocycles. The van der Waals surface area contributed by atoms with Gasteiger partial charge in [-0.2, -0.15) is 10.1 Å². The van der Waals surface area contributed by atoms with Crippen LogP contribution in [0.2, 0.25) is 0 Å². The molecular weight excluding hydrogens is 224 g/mol. The van der Waals surface area contributed by atoms with E-state index in [4.69, 9.17) is 9.63 Å². The third kappa shape index (κ3) is 2.49. The van der Waals surface area contributed by atoms with Gasteiger partial charge < -0.3 is 9.63 Å². The van der Waals surface area contributed by atoms with E-state index >= 15 is 0 Å². The summed E-state index contributed by atoms with van der Waals surface area (Å²) in [7, 11) is 0. The highest BCUT2D eigenvalue weighted by Crippen LogP contribution is 2.05. The fourth-order valence-electron chi connectivity index (χ4n) is 1.45. The van der Waals surface area contributed by atoms with Crippen molar-refractivity contribution in [2.75, 3.05) is 0 Å². The number of aromatic nitrogens is 4. The number of hydrogen-bond donors (Lipinski definition) is 1. The monoisotopic (exact) mass is 236 g/mol. The molecular formula is C10H12N4O3. The van der Waals surface area contributed by atoms with Gasteiger partial charge in [0.15, 0.2) is 5.82 Å². The number of carbonyl (C=O) groups is 1. The molecule has 2 rings (SSSR count). The van der Waals surface area contributed by atoms with Gasteiger partial charge >= 0.3 is 5.97 Å². The summed E-state index contributed by atoms with van der Waals surface area (Å²) < 4.78 is 6.32. The van der Waals surface area contributed by atoms with Crippen LogP contribution < -0.4 is 0 Å².